The number of aliphatic hydroxyl groups excluding tert-OH is 1. The highest BCUT2D eigenvalue weighted by atomic mass is 79.9. The minimum absolute atomic E-state index is 0.0406. The fraction of sp³-hybridized carbons (Fsp3) is 0.292. The molecule has 0 heterocycles. The standard InChI is InChI=1S/C20H23BrN2O2.C4H4O4/c1-20(2,3)22-11-13(24)12-25-23-19-16-8-5-4-7-14(16)15-9-6-10-17(21)18(15)19;5-3(6)1-2-4(7)8/h4-10,13,22,24H,11-12H2,1-3H3;1-2H,(H,5,6)(H,7,8)/b23-19-;2-1+. The van der Waals surface area contributed by atoms with Gasteiger partial charge in [-0.1, -0.05) is 57.5 Å². The molecule has 9 heteroatoms. The number of halogens is 1. The van der Waals surface area contributed by atoms with Gasteiger partial charge < -0.3 is 25.5 Å². The summed E-state index contributed by atoms with van der Waals surface area (Å²) in [6.07, 6.45) is 0.504. The predicted molar refractivity (Wildman–Crippen MR) is 129 cm³/mol. The quantitative estimate of drug-likeness (QED) is 0.277. The lowest BCUT2D eigenvalue weighted by atomic mass is 10.1. The van der Waals surface area contributed by atoms with Crippen molar-refractivity contribution in [3.05, 3.63) is 70.2 Å². The van der Waals surface area contributed by atoms with Crippen molar-refractivity contribution in [3.63, 3.8) is 0 Å². The molecule has 1 atom stereocenters. The summed E-state index contributed by atoms with van der Waals surface area (Å²) in [6, 6.07) is 14.3. The van der Waals surface area contributed by atoms with Crippen molar-refractivity contribution in [2.45, 2.75) is 32.4 Å². The molecule has 1 aliphatic carbocycles. The van der Waals surface area contributed by atoms with Gasteiger partial charge in [0.1, 0.15) is 18.4 Å². The average Bonchev–Trinajstić information content (AvgIpc) is 3.06. The van der Waals surface area contributed by atoms with Gasteiger partial charge in [0, 0.05) is 39.8 Å². The molecular formula is C24H27BrN2O6. The van der Waals surface area contributed by atoms with Gasteiger partial charge in [-0.15, -0.1) is 0 Å². The lowest BCUT2D eigenvalue weighted by molar-refractivity contribution is -0.134. The number of carbonyl (C=O) groups is 2. The third-order valence-corrected chi connectivity index (χ3v) is 5.04. The number of β-amino-alcohol motifs (C(OH)–C–C–N with tert-alkyl or cyclic N) is 1. The van der Waals surface area contributed by atoms with E-state index >= 15 is 0 Å². The molecular weight excluding hydrogens is 492 g/mol. The van der Waals surface area contributed by atoms with E-state index in [2.05, 4.69) is 59.3 Å². The Morgan fingerprint density at radius 2 is 1.61 bits per heavy atom. The van der Waals surface area contributed by atoms with E-state index in [1.807, 2.05) is 30.3 Å². The molecule has 0 saturated carbocycles. The first-order valence-electron chi connectivity index (χ1n) is 10.1. The zero-order valence-corrected chi connectivity index (χ0v) is 20.2. The van der Waals surface area contributed by atoms with E-state index in [4.69, 9.17) is 15.1 Å². The number of carboxylic acid groups (broad SMARTS) is 2. The van der Waals surface area contributed by atoms with Gasteiger partial charge in [-0.25, -0.2) is 9.59 Å². The molecule has 0 spiro atoms. The Bertz CT molecular complexity index is 1040. The van der Waals surface area contributed by atoms with Crippen molar-refractivity contribution in [2.24, 2.45) is 5.16 Å². The van der Waals surface area contributed by atoms with Crippen molar-refractivity contribution in [2.75, 3.05) is 13.2 Å². The Morgan fingerprint density at radius 3 is 2.18 bits per heavy atom. The van der Waals surface area contributed by atoms with Gasteiger partial charge in [0.25, 0.3) is 0 Å². The molecule has 2 aromatic carbocycles. The molecule has 4 N–H and O–H groups in total. The molecule has 0 aliphatic heterocycles. The number of rotatable bonds is 7. The number of hydrogen-bond acceptors (Lipinski definition) is 6. The zero-order chi connectivity index (χ0) is 24.6. The van der Waals surface area contributed by atoms with E-state index < -0.39 is 18.0 Å². The van der Waals surface area contributed by atoms with Crippen LogP contribution in [0, 0.1) is 0 Å². The Morgan fingerprint density at radius 1 is 1.03 bits per heavy atom. The Balaban J connectivity index is 0.000000414. The van der Waals surface area contributed by atoms with Crippen molar-refractivity contribution in [3.8, 4) is 11.1 Å². The SMILES string of the molecule is CC(C)(C)NCC(O)CO/N=C1/c2ccccc2-c2cccc(Br)c21.O=C(O)/C=C/C(=O)O. The van der Waals surface area contributed by atoms with Crippen LogP contribution in [0.3, 0.4) is 0 Å². The van der Waals surface area contributed by atoms with Crippen LogP contribution in [0.15, 0.2) is 64.2 Å². The van der Waals surface area contributed by atoms with Crippen LogP contribution in [0.4, 0.5) is 0 Å². The van der Waals surface area contributed by atoms with E-state index in [1.165, 1.54) is 0 Å². The first-order chi connectivity index (χ1) is 15.5. The molecule has 0 radical (unpaired) electrons. The number of aliphatic carboxylic acids is 2. The summed E-state index contributed by atoms with van der Waals surface area (Å²) >= 11 is 3.62. The van der Waals surface area contributed by atoms with Gasteiger partial charge in [0.05, 0.1) is 0 Å². The van der Waals surface area contributed by atoms with Gasteiger partial charge in [-0.3, -0.25) is 0 Å². The maximum absolute atomic E-state index is 10.1. The van der Waals surface area contributed by atoms with Crippen molar-refractivity contribution >= 4 is 33.6 Å². The molecule has 0 amide bonds. The molecule has 176 valence electrons. The highest BCUT2D eigenvalue weighted by Gasteiger charge is 2.27. The van der Waals surface area contributed by atoms with Crippen LogP contribution in [0.25, 0.3) is 11.1 Å². The Labute approximate surface area is 200 Å². The molecule has 8 nitrogen and oxygen atoms in total. The summed E-state index contributed by atoms with van der Waals surface area (Å²) in [6.45, 7) is 6.79. The van der Waals surface area contributed by atoms with Crippen LogP contribution in [0.2, 0.25) is 0 Å². The normalized spacial score (nSPS) is 14.3. The smallest absolute Gasteiger partial charge is 0.328 e. The minimum atomic E-state index is -1.26. The summed E-state index contributed by atoms with van der Waals surface area (Å²) < 4.78 is 0.985. The van der Waals surface area contributed by atoms with Crippen LogP contribution < -0.4 is 5.32 Å². The number of nitrogens with one attached hydrogen (secondary N) is 1. The first kappa shape index (κ1) is 26.2. The molecule has 0 bridgehead atoms. The lowest BCUT2D eigenvalue weighted by Crippen LogP contribution is -2.42. The number of hydrogen-bond donors (Lipinski definition) is 4. The number of carboxylic acids is 2. The first-order valence-corrected chi connectivity index (χ1v) is 10.9. The summed E-state index contributed by atoms with van der Waals surface area (Å²) in [4.78, 5) is 24.6. The third kappa shape index (κ3) is 8.12. The second-order valence-corrected chi connectivity index (χ2v) is 9.09. The fourth-order valence-corrected chi connectivity index (χ4v) is 3.51. The number of fused-ring (bicyclic) bond motifs is 3. The Hall–Kier alpha value is -3.01. The minimum Gasteiger partial charge on any atom is -0.478 e. The summed E-state index contributed by atoms with van der Waals surface area (Å²) in [7, 11) is 0. The van der Waals surface area contributed by atoms with Crippen LogP contribution in [0.5, 0.6) is 0 Å². The molecule has 2 aromatic rings. The molecule has 1 aliphatic rings. The second-order valence-electron chi connectivity index (χ2n) is 8.24. The van der Waals surface area contributed by atoms with Gasteiger partial charge in [-0.05, 0) is 38.0 Å². The van der Waals surface area contributed by atoms with Crippen LogP contribution in [0.1, 0.15) is 31.9 Å². The summed E-state index contributed by atoms with van der Waals surface area (Å²) in [5, 5.41) is 33.3. The second kappa shape index (κ2) is 11.7. The van der Waals surface area contributed by atoms with Crippen LogP contribution >= 0.6 is 15.9 Å². The summed E-state index contributed by atoms with van der Waals surface area (Å²) in [5.41, 5.74) is 5.13. The van der Waals surface area contributed by atoms with Gasteiger partial charge in [0.15, 0.2) is 0 Å². The highest BCUT2D eigenvalue weighted by Crippen LogP contribution is 2.40. The van der Waals surface area contributed by atoms with Crippen molar-refractivity contribution in [1.29, 1.82) is 0 Å². The number of benzene rings is 2. The van der Waals surface area contributed by atoms with E-state index in [0.717, 1.165) is 32.4 Å². The molecule has 0 fully saturated rings. The van der Waals surface area contributed by atoms with Crippen LogP contribution in [-0.4, -0.2) is 57.8 Å². The maximum atomic E-state index is 10.1. The largest absolute Gasteiger partial charge is 0.478 e. The van der Waals surface area contributed by atoms with E-state index in [0.29, 0.717) is 18.7 Å². The monoisotopic (exact) mass is 518 g/mol. The highest BCUT2D eigenvalue weighted by molar-refractivity contribution is 9.10. The van der Waals surface area contributed by atoms with Crippen LogP contribution in [-0.2, 0) is 14.4 Å². The number of nitrogens with zero attached hydrogens (tertiary/aromatic N) is 1. The zero-order valence-electron chi connectivity index (χ0n) is 18.6. The molecule has 0 aromatic heterocycles. The predicted octanol–water partition coefficient (Wildman–Crippen LogP) is 3.66. The molecule has 1 unspecified atom stereocenters. The molecule has 33 heavy (non-hydrogen) atoms. The van der Waals surface area contributed by atoms with Gasteiger partial charge >= 0.3 is 11.9 Å². The average molecular weight is 519 g/mol. The maximum Gasteiger partial charge on any atom is 0.328 e. The van der Waals surface area contributed by atoms with E-state index in [9.17, 15) is 14.7 Å². The number of oxime groups is 1. The molecule has 0 saturated heterocycles. The van der Waals surface area contributed by atoms with Gasteiger partial charge in [-0.2, -0.15) is 0 Å². The Kier molecular flexibility index (Phi) is 9.33. The number of aliphatic hydroxyl groups is 1. The van der Waals surface area contributed by atoms with Crippen molar-refractivity contribution in [1.82, 2.24) is 5.32 Å². The summed E-state index contributed by atoms with van der Waals surface area (Å²) in [5.74, 6) is -2.51. The lowest BCUT2D eigenvalue weighted by Gasteiger charge is -2.22. The van der Waals surface area contributed by atoms with E-state index in [1.54, 1.807) is 0 Å². The van der Waals surface area contributed by atoms with Crippen molar-refractivity contribution < 1.29 is 29.7 Å². The van der Waals surface area contributed by atoms with Gasteiger partial charge in [0.2, 0.25) is 0 Å². The fourth-order valence-electron chi connectivity index (χ4n) is 2.96. The topological polar surface area (TPSA) is 128 Å². The third-order valence-electron chi connectivity index (χ3n) is 4.38. The van der Waals surface area contributed by atoms with E-state index in [-0.39, 0.29) is 12.1 Å². The molecule has 3 rings (SSSR count).